The summed E-state index contributed by atoms with van der Waals surface area (Å²) in [7, 11) is 0. The number of anilines is 1. The number of halogens is 1. The predicted molar refractivity (Wildman–Crippen MR) is 144 cm³/mol. The third-order valence-electron chi connectivity index (χ3n) is 7.72. The maximum Gasteiger partial charge on any atom is 0.231 e. The summed E-state index contributed by atoms with van der Waals surface area (Å²) in [6.45, 7) is 6.96. The van der Waals surface area contributed by atoms with E-state index < -0.39 is 17.5 Å². The smallest absolute Gasteiger partial charge is 0.231 e. The molecule has 2 aliphatic rings. The van der Waals surface area contributed by atoms with Crippen LogP contribution < -0.4 is 5.32 Å². The summed E-state index contributed by atoms with van der Waals surface area (Å²) in [5.41, 5.74) is 4.02. The van der Waals surface area contributed by atoms with Gasteiger partial charge in [-0.05, 0) is 50.5 Å². The minimum absolute atomic E-state index is 0.0117. The number of aromatic amines is 1. The van der Waals surface area contributed by atoms with Crippen LogP contribution >= 0.6 is 0 Å². The van der Waals surface area contributed by atoms with Gasteiger partial charge in [0.15, 0.2) is 5.78 Å². The molecule has 5 rings (SSSR count). The Balaban J connectivity index is 1.55. The second-order valence-corrected chi connectivity index (χ2v) is 10.6. The van der Waals surface area contributed by atoms with Gasteiger partial charge in [0.2, 0.25) is 11.8 Å². The lowest BCUT2D eigenvalue weighted by molar-refractivity contribution is -0.141. The van der Waals surface area contributed by atoms with Crippen LogP contribution in [0, 0.1) is 11.3 Å². The number of nitrogens with zero attached hydrogens (tertiary/aromatic N) is 2. The number of nitrogens with one attached hydrogen (secondary N) is 2. The van der Waals surface area contributed by atoms with E-state index in [0.29, 0.717) is 37.3 Å². The molecule has 1 aromatic carbocycles. The Morgan fingerprint density at radius 1 is 1.16 bits per heavy atom. The molecule has 0 aliphatic heterocycles. The average Bonchev–Trinajstić information content (AvgIpc) is 3.53. The Bertz CT molecular complexity index is 1380. The second kappa shape index (κ2) is 10.2. The Labute approximate surface area is 221 Å². The van der Waals surface area contributed by atoms with Gasteiger partial charge in [0.1, 0.15) is 12.0 Å². The number of alkyl halides is 1. The Morgan fingerprint density at radius 3 is 2.53 bits per heavy atom. The van der Waals surface area contributed by atoms with Gasteiger partial charge in [-0.3, -0.25) is 14.4 Å². The number of aromatic nitrogens is 2. The van der Waals surface area contributed by atoms with Crippen LogP contribution in [0.15, 0.2) is 48.7 Å². The van der Waals surface area contributed by atoms with E-state index in [2.05, 4.69) is 15.3 Å². The van der Waals surface area contributed by atoms with Gasteiger partial charge < -0.3 is 15.2 Å². The molecule has 2 heterocycles. The van der Waals surface area contributed by atoms with E-state index in [0.717, 1.165) is 28.1 Å². The summed E-state index contributed by atoms with van der Waals surface area (Å²) in [6, 6.07) is 13.5. The van der Waals surface area contributed by atoms with Crippen molar-refractivity contribution in [3.8, 4) is 11.3 Å². The van der Waals surface area contributed by atoms with Gasteiger partial charge in [0, 0.05) is 55.4 Å². The van der Waals surface area contributed by atoms with Gasteiger partial charge in [-0.1, -0.05) is 30.3 Å². The molecule has 2 aliphatic carbocycles. The molecule has 8 heteroatoms. The summed E-state index contributed by atoms with van der Waals surface area (Å²) in [4.78, 5) is 48.9. The van der Waals surface area contributed by atoms with Crippen LogP contribution in [-0.4, -0.2) is 51.7 Å². The number of amides is 2. The summed E-state index contributed by atoms with van der Waals surface area (Å²) in [5, 5.41) is 2.72. The Morgan fingerprint density at radius 2 is 1.87 bits per heavy atom. The zero-order chi connectivity index (χ0) is 27.0. The first-order chi connectivity index (χ1) is 18.2. The van der Waals surface area contributed by atoms with Crippen LogP contribution in [0.2, 0.25) is 0 Å². The molecular formula is C30H33FN4O3. The van der Waals surface area contributed by atoms with E-state index in [1.807, 2.05) is 57.2 Å². The normalized spacial score (nSPS) is 22.1. The minimum Gasteiger partial charge on any atom is -0.358 e. The fourth-order valence-corrected chi connectivity index (χ4v) is 5.54. The van der Waals surface area contributed by atoms with Crippen LogP contribution in [-0.2, 0) is 22.4 Å². The molecule has 1 saturated carbocycles. The SMILES string of the molecule is CCN(CC)C(=O)C1(C)CC(=O)c2c([nH]c(-c3ccnc(NC(=O)[C@@H]4C[C@@H]4F)c3)c2Cc2ccccc2)C1. The van der Waals surface area contributed by atoms with Gasteiger partial charge >= 0.3 is 0 Å². The first-order valence-electron chi connectivity index (χ1n) is 13.3. The zero-order valence-corrected chi connectivity index (χ0v) is 22.0. The number of hydrogen-bond acceptors (Lipinski definition) is 4. The van der Waals surface area contributed by atoms with E-state index in [1.165, 1.54) is 0 Å². The van der Waals surface area contributed by atoms with Crippen molar-refractivity contribution in [3.63, 3.8) is 0 Å². The molecule has 2 N–H and O–H groups in total. The quantitative estimate of drug-likeness (QED) is 0.442. The van der Waals surface area contributed by atoms with Crippen LogP contribution in [0.5, 0.6) is 0 Å². The van der Waals surface area contributed by atoms with E-state index in [4.69, 9.17) is 0 Å². The molecule has 0 radical (unpaired) electrons. The second-order valence-electron chi connectivity index (χ2n) is 10.6. The molecular weight excluding hydrogens is 483 g/mol. The van der Waals surface area contributed by atoms with E-state index in [9.17, 15) is 18.8 Å². The zero-order valence-electron chi connectivity index (χ0n) is 22.0. The van der Waals surface area contributed by atoms with Crippen molar-refractivity contribution in [1.82, 2.24) is 14.9 Å². The lowest BCUT2D eigenvalue weighted by atomic mass is 9.72. The van der Waals surface area contributed by atoms with Crippen molar-refractivity contribution >= 4 is 23.4 Å². The van der Waals surface area contributed by atoms with E-state index in [-0.39, 0.29) is 30.4 Å². The summed E-state index contributed by atoms with van der Waals surface area (Å²) >= 11 is 0. The van der Waals surface area contributed by atoms with Crippen molar-refractivity contribution in [2.75, 3.05) is 18.4 Å². The molecule has 38 heavy (non-hydrogen) atoms. The van der Waals surface area contributed by atoms with E-state index >= 15 is 0 Å². The Kier molecular flexibility index (Phi) is 6.90. The fraction of sp³-hybridized carbons (Fsp3) is 0.400. The molecule has 1 unspecified atom stereocenters. The number of pyridine rings is 1. The number of fused-ring (bicyclic) bond motifs is 1. The molecule has 3 atom stereocenters. The summed E-state index contributed by atoms with van der Waals surface area (Å²) < 4.78 is 13.4. The number of carbonyl (C=O) groups is 3. The highest BCUT2D eigenvalue weighted by molar-refractivity contribution is 6.05. The van der Waals surface area contributed by atoms with Gasteiger partial charge in [-0.15, -0.1) is 0 Å². The van der Waals surface area contributed by atoms with Crippen LogP contribution in [0.25, 0.3) is 11.3 Å². The predicted octanol–water partition coefficient (Wildman–Crippen LogP) is 4.97. The van der Waals surface area contributed by atoms with Crippen molar-refractivity contribution in [2.24, 2.45) is 11.3 Å². The van der Waals surface area contributed by atoms with Crippen LogP contribution in [0.3, 0.4) is 0 Å². The largest absolute Gasteiger partial charge is 0.358 e. The van der Waals surface area contributed by atoms with Crippen molar-refractivity contribution < 1.29 is 18.8 Å². The number of rotatable bonds is 8. The van der Waals surface area contributed by atoms with Gasteiger partial charge in [-0.2, -0.15) is 0 Å². The summed E-state index contributed by atoms with van der Waals surface area (Å²) in [6.07, 6.45) is 1.85. The number of benzene rings is 1. The molecule has 3 aromatic rings. The molecule has 1 fully saturated rings. The molecule has 0 saturated heterocycles. The fourth-order valence-electron chi connectivity index (χ4n) is 5.54. The molecule has 2 aromatic heterocycles. The lowest BCUT2D eigenvalue weighted by Gasteiger charge is -2.35. The van der Waals surface area contributed by atoms with Gasteiger partial charge in [0.25, 0.3) is 0 Å². The van der Waals surface area contributed by atoms with Gasteiger partial charge in [0.05, 0.1) is 17.0 Å². The molecule has 2 amide bonds. The van der Waals surface area contributed by atoms with E-state index in [1.54, 1.807) is 17.2 Å². The highest BCUT2D eigenvalue weighted by atomic mass is 19.1. The Hall–Kier alpha value is -3.81. The number of ketones is 1. The minimum atomic E-state index is -1.09. The first-order valence-corrected chi connectivity index (χ1v) is 13.3. The lowest BCUT2D eigenvalue weighted by Crippen LogP contribution is -2.46. The number of Topliss-reactive ketones (excluding diaryl/α,β-unsaturated/α-hetero) is 1. The van der Waals surface area contributed by atoms with Gasteiger partial charge in [-0.25, -0.2) is 9.37 Å². The third kappa shape index (κ3) is 4.87. The van der Waals surface area contributed by atoms with Crippen molar-refractivity contribution in [1.29, 1.82) is 0 Å². The number of H-pyrrole nitrogens is 1. The first kappa shape index (κ1) is 25.8. The third-order valence-corrected chi connectivity index (χ3v) is 7.72. The molecule has 0 spiro atoms. The molecule has 0 bridgehead atoms. The topological polar surface area (TPSA) is 95.2 Å². The number of carbonyl (C=O) groups excluding carboxylic acids is 3. The maximum absolute atomic E-state index is 13.7. The van der Waals surface area contributed by atoms with Crippen LogP contribution in [0.4, 0.5) is 10.2 Å². The highest BCUT2D eigenvalue weighted by Crippen LogP contribution is 2.42. The monoisotopic (exact) mass is 516 g/mol. The standard InChI is InChI=1S/C30H33FN4O3/c1-4-35(5-2)29(38)30(3)16-23-26(24(36)17-30)21(13-18-9-7-6-8-10-18)27(33-23)19-11-12-32-25(14-19)34-28(37)20-15-22(20)31/h6-12,14,20,22,33H,4-5,13,15-17H2,1-3H3,(H,32,34,37)/t20-,22+,30?/m1/s1. The van der Waals surface area contributed by atoms with Crippen molar-refractivity contribution in [3.05, 3.63) is 71.0 Å². The molecule has 198 valence electrons. The summed E-state index contributed by atoms with van der Waals surface area (Å²) in [5.74, 6) is -0.725. The highest BCUT2D eigenvalue weighted by Gasteiger charge is 2.45. The molecule has 7 nitrogen and oxygen atoms in total. The maximum atomic E-state index is 13.7. The van der Waals surface area contributed by atoms with Crippen LogP contribution in [0.1, 0.15) is 60.8 Å². The van der Waals surface area contributed by atoms with Crippen molar-refractivity contribution in [2.45, 2.75) is 52.6 Å². The number of hydrogen-bond donors (Lipinski definition) is 2. The average molecular weight is 517 g/mol.